The van der Waals surface area contributed by atoms with E-state index in [-0.39, 0.29) is 23.1 Å². The van der Waals surface area contributed by atoms with Crippen molar-refractivity contribution in [1.29, 1.82) is 0 Å². The monoisotopic (exact) mass is 472 g/mol. The Morgan fingerprint density at radius 3 is 2.15 bits per heavy atom. The molecule has 1 aliphatic heterocycles. The largest absolute Gasteiger partial charge is 0.416 e. The maximum atomic E-state index is 13.4. The van der Waals surface area contributed by atoms with Gasteiger partial charge in [0.2, 0.25) is 0 Å². The summed E-state index contributed by atoms with van der Waals surface area (Å²) in [7, 11) is 0. The molecule has 1 aromatic heterocycles. The molecular weight excluding hydrogens is 441 g/mol. The zero-order chi connectivity index (χ0) is 24.7. The van der Waals surface area contributed by atoms with E-state index in [0.29, 0.717) is 36.7 Å². The lowest BCUT2D eigenvalue weighted by Gasteiger charge is -2.34. The van der Waals surface area contributed by atoms with Crippen molar-refractivity contribution in [2.45, 2.75) is 65.0 Å². The topological polar surface area (TPSA) is 50.3 Å². The highest BCUT2D eigenvalue weighted by atomic mass is 19.4. The van der Waals surface area contributed by atoms with Gasteiger partial charge >= 0.3 is 6.18 Å². The van der Waals surface area contributed by atoms with Crippen LogP contribution in [-0.2, 0) is 22.9 Å². The quantitative estimate of drug-likeness (QED) is 0.483. The number of hydrogen-bond acceptors (Lipinski definition) is 5. The van der Waals surface area contributed by atoms with Gasteiger partial charge in [-0.3, -0.25) is 4.90 Å². The van der Waals surface area contributed by atoms with Crippen molar-refractivity contribution in [3.05, 3.63) is 59.4 Å². The molecule has 4 rings (SSSR count). The first-order chi connectivity index (χ1) is 15.9. The zero-order valence-corrected chi connectivity index (χ0v) is 20.2. The van der Waals surface area contributed by atoms with Crippen LogP contribution in [0.25, 0.3) is 10.9 Å². The predicted octanol–water partition coefficient (Wildman–Crippen LogP) is 6.30. The molecule has 1 saturated heterocycles. The Bertz CT molecular complexity index is 1150. The molecular formula is C26H31F3N4O. The molecule has 1 N–H and O–H groups in total. The average molecular weight is 473 g/mol. The van der Waals surface area contributed by atoms with E-state index in [4.69, 9.17) is 9.72 Å². The first-order valence-electron chi connectivity index (χ1n) is 11.5. The van der Waals surface area contributed by atoms with Gasteiger partial charge in [-0.05, 0) is 55.2 Å². The molecule has 8 heteroatoms. The number of fused-ring (bicyclic) bond motifs is 1. The van der Waals surface area contributed by atoms with Crippen molar-refractivity contribution in [2.75, 3.05) is 18.4 Å². The lowest BCUT2D eigenvalue weighted by atomic mass is 9.87. The molecule has 0 saturated carbocycles. The summed E-state index contributed by atoms with van der Waals surface area (Å²) in [5.74, 6) is 0.966. The minimum absolute atomic E-state index is 0.0216. The number of hydrogen-bond donors (Lipinski definition) is 1. The Labute approximate surface area is 198 Å². The van der Waals surface area contributed by atoms with E-state index < -0.39 is 11.7 Å². The Morgan fingerprint density at radius 2 is 1.56 bits per heavy atom. The summed E-state index contributed by atoms with van der Waals surface area (Å²) in [6.07, 6.45) is -4.30. The molecule has 0 spiro atoms. The van der Waals surface area contributed by atoms with Crippen LogP contribution < -0.4 is 5.32 Å². The van der Waals surface area contributed by atoms with Gasteiger partial charge in [0, 0.05) is 24.2 Å². The van der Waals surface area contributed by atoms with Gasteiger partial charge in [-0.15, -0.1) is 0 Å². The number of nitrogens with zero attached hydrogens (tertiary/aromatic N) is 3. The van der Waals surface area contributed by atoms with Crippen LogP contribution in [0.1, 0.15) is 51.6 Å². The molecule has 0 aliphatic carbocycles. The molecule has 2 heterocycles. The summed E-state index contributed by atoms with van der Waals surface area (Å²) in [6, 6.07) is 11.6. The van der Waals surface area contributed by atoms with E-state index in [1.165, 1.54) is 11.6 Å². The van der Waals surface area contributed by atoms with Gasteiger partial charge in [-0.25, -0.2) is 9.97 Å². The summed E-state index contributed by atoms with van der Waals surface area (Å²) >= 11 is 0. The van der Waals surface area contributed by atoms with E-state index in [2.05, 4.69) is 36.0 Å². The van der Waals surface area contributed by atoms with Gasteiger partial charge in [-0.1, -0.05) is 32.9 Å². The van der Waals surface area contributed by atoms with Crippen LogP contribution in [0.4, 0.5) is 24.7 Å². The smallest absolute Gasteiger partial charge is 0.373 e. The van der Waals surface area contributed by atoms with Crippen LogP contribution in [-0.4, -0.2) is 40.2 Å². The van der Waals surface area contributed by atoms with Gasteiger partial charge in [0.05, 0.1) is 29.8 Å². The van der Waals surface area contributed by atoms with E-state index in [9.17, 15) is 13.2 Å². The third kappa shape index (κ3) is 5.67. The minimum atomic E-state index is -4.44. The maximum Gasteiger partial charge on any atom is 0.416 e. The van der Waals surface area contributed by atoms with Gasteiger partial charge < -0.3 is 10.1 Å². The third-order valence-corrected chi connectivity index (χ3v) is 5.94. The highest BCUT2D eigenvalue weighted by molar-refractivity contribution is 5.91. The molecule has 1 aliphatic rings. The fourth-order valence-corrected chi connectivity index (χ4v) is 4.32. The van der Waals surface area contributed by atoms with Gasteiger partial charge in [-0.2, -0.15) is 13.2 Å². The third-order valence-electron chi connectivity index (χ3n) is 5.94. The average Bonchev–Trinajstić information content (AvgIpc) is 2.71. The highest BCUT2D eigenvalue weighted by Gasteiger charge is 2.31. The fourth-order valence-electron chi connectivity index (χ4n) is 4.32. The van der Waals surface area contributed by atoms with E-state index in [1.807, 2.05) is 38.1 Å². The van der Waals surface area contributed by atoms with Crippen molar-refractivity contribution in [1.82, 2.24) is 14.9 Å². The van der Waals surface area contributed by atoms with Gasteiger partial charge in [0.15, 0.2) is 0 Å². The molecule has 0 unspecified atom stereocenters. The molecule has 182 valence electrons. The van der Waals surface area contributed by atoms with Crippen molar-refractivity contribution in [3.63, 3.8) is 0 Å². The highest BCUT2D eigenvalue weighted by Crippen LogP contribution is 2.33. The number of halogens is 3. The molecule has 5 nitrogen and oxygen atoms in total. The van der Waals surface area contributed by atoms with Crippen molar-refractivity contribution < 1.29 is 17.9 Å². The molecule has 3 aromatic rings. The number of nitrogens with one attached hydrogen (secondary N) is 1. The lowest BCUT2D eigenvalue weighted by molar-refractivity contribution is -0.137. The molecule has 2 atom stereocenters. The fraction of sp³-hybridized carbons (Fsp3) is 0.462. The predicted molar refractivity (Wildman–Crippen MR) is 128 cm³/mol. The number of rotatable bonds is 4. The molecule has 0 radical (unpaired) electrons. The molecule has 1 fully saturated rings. The standard InChI is InChI=1S/C26H31F3N4O/c1-16-13-33(14-17(2)34-16)15-23-31-22-12-19(26(27,28)29)8-11-21(22)24(32-23)30-20-9-6-18(7-10-20)25(3,4)5/h6-12,16-17H,13-15H2,1-5H3,(H,30,31,32)/t16-,17+. The number of morpholine rings is 1. The Morgan fingerprint density at radius 1 is 0.941 bits per heavy atom. The first-order valence-corrected chi connectivity index (χ1v) is 11.5. The number of alkyl halides is 3. The number of aromatic nitrogens is 2. The second-order valence-electron chi connectivity index (χ2n) is 10.1. The SMILES string of the molecule is C[C@@H]1CN(Cc2nc(Nc3ccc(C(C)(C)C)cc3)c3ccc(C(F)(F)F)cc3n2)C[C@H](C)O1. The van der Waals surface area contributed by atoms with Crippen molar-refractivity contribution >= 4 is 22.4 Å². The summed E-state index contributed by atoms with van der Waals surface area (Å²) in [6.45, 7) is 12.3. The van der Waals surface area contributed by atoms with Crippen LogP contribution in [0.5, 0.6) is 0 Å². The van der Waals surface area contributed by atoms with Gasteiger partial charge in [0.25, 0.3) is 0 Å². The lowest BCUT2D eigenvalue weighted by Crippen LogP contribution is -2.45. The van der Waals surface area contributed by atoms with Crippen LogP contribution >= 0.6 is 0 Å². The van der Waals surface area contributed by atoms with E-state index in [1.54, 1.807) is 0 Å². The van der Waals surface area contributed by atoms with Crippen LogP contribution in [0, 0.1) is 0 Å². The maximum absolute atomic E-state index is 13.4. The number of anilines is 2. The summed E-state index contributed by atoms with van der Waals surface area (Å²) < 4.78 is 45.9. The molecule has 2 aromatic carbocycles. The van der Waals surface area contributed by atoms with Crippen LogP contribution in [0.3, 0.4) is 0 Å². The Balaban J connectivity index is 1.71. The first kappa shape index (κ1) is 24.4. The van der Waals surface area contributed by atoms with Crippen molar-refractivity contribution in [3.8, 4) is 0 Å². The minimum Gasteiger partial charge on any atom is -0.373 e. The number of ether oxygens (including phenoxy) is 1. The zero-order valence-electron chi connectivity index (χ0n) is 20.2. The van der Waals surface area contributed by atoms with E-state index >= 15 is 0 Å². The Hall–Kier alpha value is -2.71. The summed E-state index contributed by atoms with van der Waals surface area (Å²) in [4.78, 5) is 11.4. The van der Waals surface area contributed by atoms with E-state index in [0.717, 1.165) is 17.8 Å². The Kier molecular flexibility index (Phi) is 6.57. The van der Waals surface area contributed by atoms with Gasteiger partial charge in [0.1, 0.15) is 11.6 Å². The molecule has 0 amide bonds. The normalized spacial score (nSPS) is 20.0. The van der Waals surface area contributed by atoms with Crippen LogP contribution in [0.2, 0.25) is 0 Å². The summed E-state index contributed by atoms with van der Waals surface area (Å²) in [5, 5.41) is 3.85. The second-order valence-corrected chi connectivity index (χ2v) is 10.1. The second kappa shape index (κ2) is 9.15. The molecule has 34 heavy (non-hydrogen) atoms. The van der Waals surface area contributed by atoms with Crippen LogP contribution in [0.15, 0.2) is 42.5 Å². The summed E-state index contributed by atoms with van der Waals surface area (Å²) in [5.41, 5.74) is 1.57. The molecule has 0 bridgehead atoms. The number of benzene rings is 2. The van der Waals surface area contributed by atoms with Crippen molar-refractivity contribution in [2.24, 2.45) is 0 Å².